The molecule has 0 bridgehead atoms. The van der Waals surface area contributed by atoms with Gasteiger partial charge in [0.1, 0.15) is 6.23 Å². The van der Waals surface area contributed by atoms with Crippen LogP contribution in [0.4, 0.5) is 0 Å². The lowest BCUT2D eigenvalue weighted by Gasteiger charge is -2.24. The molecule has 0 aromatic heterocycles. The smallest absolute Gasteiger partial charge is 0.103 e. The summed E-state index contributed by atoms with van der Waals surface area (Å²) in [6.07, 6.45) is 1.11. The molecule has 0 aliphatic carbocycles. The zero-order valence-corrected chi connectivity index (χ0v) is 14.1. The second kappa shape index (κ2) is 11.9. The van der Waals surface area contributed by atoms with Gasteiger partial charge in [0.05, 0.1) is 6.61 Å². The van der Waals surface area contributed by atoms with Gasteiger partial charge in [-0.2, -0.15) is 0 Å². The van der Waals surface area contributed by atoms with Crippen molar-refractivity contribution in [1.82, 2.24) is 0 Å². The van der Waals surface area contributed by atoms with Crippen molar-refractivity contribution in [3.63, 3.8) is 0 Å². The largest absolute Gasteiger partial charge is 0.384 e. The number of aliphatic hydroxyl groups excluding tert-OH is 1. The SMILES string of the molecule is CC.CCC(C)(C)C.COCC(C)(C)CC(N)O. The van der Waals surface area contributed by atoms with Crippen molar-refractivity contribution in [2.45, 2.75) is 74.5 Å². The third kappa shape index (κ3) is 24.9. The first kappa shape index (κ1) is 23.0. The van der Waals surface area contributed by atoms with E-state index in [2.05, 4.69) is 27.7 Å². The summed E-state index contributed by atoms with van der Waals surface area (Å²) in [6.45, 7) is 17.6. The summed E-state index contributed by atoms with van der Waals surface area (Å²) in [5.74, 6) is 0. The average Bonchev–Trinajstić information content (AvgIpc) is 2.18. The van der Waals surface area contributed by atoms with Gasteiger partial charge in [0.2, 0.25) is 0 Å². The monoisotopic (exact) mass is 263 g/mol. The van der Waals surface area contributed by atoms with E-state index in [0.717, 1.165) is 0 Å². The normalized spacial score (nSPS) is 12.8. The molecule has 0 heterocycles. The Morgan fingerprint density at radius 3 is 1.61 bits per heavy atom. The van der Waals surface area contributed by atoms with Crippen molar-refractivity contribution in [2.75, 3.05) is 13.7 Å². The molecule has 3 nitrogen and oxygen atoms in total. The molecule has 0 aromatic rings. The van der Waals surface area contributed by atoms with Gasteiger partial charge in [-0.05, 0) is 17.3 Å². The number of methoxy groups -OCH3 is 1. The van der Waals surface area contributed by atoms with Crippen LogP contribution in [0.5, 0.6) is 0 Å². The third-order valence-corrected chi connectivity index (χ3v) is 2.36. The first-order valence-electron chi connectivity index (χ1n) is 6.96. The molecule has 0 aromatic carbocycles. The van der Waals surface area contributed by atoms with Crippen LogP contribution in [0, 0.1) is 10.8 Å². The van der Waals surface area contributed by atoms with Crippen LogP contribution in [0.25, 0.3) is 0 Å². The highest BCUT2D eigenvalue weighted by molar-refractivity contribution is 4.69. The van der Waals surface area contributed by atoms with Crippen molar-refractivity contribution in [3.05, 3.63) is 0 Å². The summed E-state index contributed by atoms with van der Waals surface area (Å²) in [5.41, 5.74) is 5.73. The van der Waals surface area contributed by atoms with Crippen LogP contribution in [0.2, 0.25) is 0 Å². The van der Waals surface area contributed by atoms with E-state index in [9.17, 15) is 0 Å². The fraction of sp³-hybridized carbons (Fsp3) is 1.00. The molecule has 0 aliphatic rings. The summed E-state index contributed by atoms with van der Waals surface area (Å²) in [4.78, 5) is 0. The third-order valence-electron chi connectivity index (χ3n) is 2.36. The Bertz CT molecular complexity index is 160. The van der Waals surface area contributed by atoms with Crippen molar-refractivity contribution in [1.29, 1.82) is 0 Å². The van der Waals surface area contributed by atoms with Gasteiger partial charge in [-0.15, -0.1) is 0 Å². The number of ether oxygens (including phenoxy) is 1. The zero-order valence-electron chi connectivity index (χ0n) is 14.1. The van der Waals surface area contributed by atoms with Crippen molar-refractivity contribution in [2.24, 2.45) is 16.6 Å². The fourth-order valence-corrected chi connectivity index (χ4v) is 1.02. The Hall–Kier alpha value is -0.120. The second-order valence-corrected chi connectivity index (χ2v) is 6.28. The molecule has 0 radical (unpaired) electrons. The van der Waals surface area contributed by atoms with E-state index in [-0.39, 0.29) is 5.41 Å². The Morgan fingerprint density at radius 2 is 1.44 bits per heavy atom. The van der Waals surface area contributed by atoms with E-state index < -0.39 is 6.23 Å². The Balaban J connectivity index is -0.000000241. The van der Waals surface area contributed by atoms with E-state index in [1.165, 1.54) is 6.42 Å². The number of hydrogen-bond donors (Lipinski definition) is 2. The van der Waals surface area contributed by atoms with Crippen LogP contribution in [-0.2, 0) is 4.74 Å². The number of nitrogens with two attached hydrogens (primary N) is 1. The average molecular weight is 263 g/mol. The lowest BCUT2D eigenvalue weighted by molar-refractivity contribution is 0.0530. The number of aliphatic hydroxyl groups is 1. The molecule has 18 heavy (non-hydrogen) atoms. The molecular formula is C15H37NO2. The van der Waals surface area contributed by atoms with Crippen LogP contribution in [-0.4, -0.2) is 25.1 Å². The van der Waals surface area contributed by atoms with Crippen LogP contribution >= 0.6 is 0 Å². The van der Waals surface area contributed by atoms with Gasteiger partial charge in [-0.3, -0.25) is 0 Å². The molecule has 1 unspecified atom stereocenters. The van der Waals surface area contributed by atoms with Crippen molar-refractivity contribution in [3.8, 4) is 0 Å². The van der Waals surface area contributed by atoms with Crippen molar-refractivity contribution >= 4 is 0 Å². The summed E-state index contributed by atoms with van der Waals surface area (Å²) >= 11 is 0. The van der Waals surface area contributed by atoms with Gasteiger partial charge in [0, 0.05) is 7.11 Å². The van der Waals surface area contributed by atoms with Crippen LogP contribution in [0.1, 0.15) is 68.2 Å². The van der Waals surface area contributed by atoms with Crippen molar-refractivity contribution < 1.29 is 9.84 Å². The van der Waals surface area contributed by atoms with Gasteiger partial charge in [-0.1, -0.05) is 61.8 Å². The zero-order chi connectivity index (χ0) is 15.4. The maximum atomic E-state index is 8.84. The fourth-order valence-electron chi connectivity index (χ4n) is 1.02. The maximum Gasteiger partial charge on any atom is 0.103 e. The Kier molecular flexibility index (Phi) is 15.3. The van der Waals surface area contributed by atoms with E-state index >= 15 is 0 Å². The molecule has 0 aliphatic heterocycles. The summed E-state index contributed by atoms with van der Waals surface area (Å²) in [7, 11) is 1.64. The summed E-state index contributed by atoms with van der Waals surface area (Å²) in [6, 6.07) is 0. The minimum atomic E-state index is -0.731. The molecule has 0 saturated heterocycles. The lowest BCUT2D eigenvalue weighted by Crippen LogP contribution is -2.30. The van der Waals surface area contributed by atoms with Crippen LogP contribution < -0.4 is 5.73 Å². The molecule has 0 fully saturated rings. The molecule has 0 rings (SSSR count). The topological polar surface area (TPSA) is 55.5 Å². The highest BCUT2D eigenvalue weighted by Crippen LogP contribution is 2.20. The van der Waals surface area contributed by atoms with E-state index in [1.807, 2.05) is 27.7 Å². The van der Waals surface area contributed by atoms with Crippen LogP contribution in [0.3, 0.4) is 0 Å². The molecule has 114 valence electrons. The first-order valence-corrected chi connectivity index (χ1v) is 6.96. The highest BCUT2D eigenvalue weighted by Gasteiger charge is 2.19. The van der Waals surface area contributed by atoms with Crippen LogP contribution in [0.15, 0.2) is 0 Å². The first-order chi connectivity index (χ1) is 8.04. The van der Waals surface area contributed by atoms with E-state index in [1.54, 1.807) is 7.11 Å². The standard InChI is InChI=1S/C7H17NO2.C6H14.C2H6/c1-7(2,5-10-3)4-6(8)9;1-5-6(2,3)4;1-2/h6,9H,4-5,8H2,1-3H3;5H2,1-4H3;1-2H3. The van der Waals surface area contributed by atoms with Gasteiger partial charge in [0.15, 0.2) is 0 Å². The molecule has 0 saturated carbocycles. The highest BCUT2D eigenvalue weighted by atomic mass is 16.5. The number of rotatable bonds is 4. The minimum Gasteiger partial charge on any atom is -0.384 e. The summed E-state index contributed by atoms with van der Waals surface area (Å²) < 4.78 is 4.94. The van der Waals surface area contributed by atoms with Gasteiger partial charge in [-0.25, -0.2) is 0 Å². The predicted molar refractivity (Wildman–Crippen MR) is 81.6 cm³/mol. The maximum absolute atomic E-state index is 8.84. The molecule has 3 N–H and O–H groups in total. The van der Waals surface area contributed by atoms with Gasteiger partial charge >= 0.3 is 0 Å². The lowest BCUT2D eigenvalue weighted by atomic mass is 9.90. The molecule has 3 heteroatoms. The van der Waals surface area contributed by atoms with E-state index in [4.69, 9.17) is 15.6 Å². The Labute approximate surface area is 115 Å². The number of hydrogen-bond acceptors (Lipinski definition) is 3. The van der Waals surface area contributed by atoms with E-state index in [0.29, 0.717) is 18.4 Å². The predicted octanol–water partition coefficient (Wildman–Crippen LogP) is 3.79. The molecule has 0 amide bonds. The second-order valence-electron chi connectivity index (χ2n) is 6.28. The van der Waals surface area contributed by atoms with Gasteiger partial charge in [0.25, 0.3) is 0 Å². The molecule has 1 atom stereocenters. The van der Waals surface area contributed by atoms with Gasteiger partial charge < -0.3 is 15.6 Å². The minimum absolute atomic E-state index is 0.0249. The Morgan fingerprint density at radius 1 is 1.11 bits per heavy atom. The molecular weight excluding hydrogens is 226 g/mol. The quantitative estimate of drug-likeness (QED) is 0.759. The molecule has 0 spiro atoms. The summed E-state index contributed by atoms with van der Waals surface area (Å²) in [5, 5.41) is 8.84.